The Kier molecular flexibility index (Phi) is 5.09. The minimum Gasteiger partial charge on any atom is -0.385 e. The van der Waals surface area contributed by atoms with Gasteiger partial charge < -0.3 is 10.6 Å². The topological polar surface area (TPSA) is 41.1 Å². The van der Waals surface area contributed by atoms with Crippen LogP contribution in [0.25, 0.3) is 0 Å². The van der Waals surface area contributed by atoms with E-state index in [2.05, 4.69) is 24.5 Å². The first kappa shape index (κ1) is 16.4. The molecule has 0 atom stereocenters. The Bertz CT molecular complexity index is 697. The molecule has 3 rings (SSSR count). The van der Waals surface area contributed by atoms with E-state index >= 15 is 0 Å². The number of fused-ring (bicyclic) bond motifs is 1. The Morgan fingerprint density at radius 2 is 1.95 bits per heavy atom. The lowest BCUT2D eigenvalue weighted by Crippen LogP contribution is -2.19. The summed E-state index contributed by atoms with van der Waals surface area (Å²) in [4.78, 5) is 12.5. The first-order valence-electron chi connectivity index (χ1n) is 7.39. The van der Waals surface area contributed by atoms with E-state index in [4.69, 9.17) is 0 Å². The minimum absolute atomic E-state index is 0. The van der Waals surface area contributed by atoms with Gasteiger partial charge in [-0.3, -0.25) is 4.79 Å². The lowest BCUT2D eigenvalue weighted by atomic mass is 9.97. The van der Waals surface area contributed by atoms with Gasteiger partial charge in [0.05, 0.1) is 0 Å². The van der Waals surface area contributed by atoms with Crippen LogP contribution in [0.2, 0.25) is 0 Å². The largest absolute Gasteiger partial charge is 0.385 e. The van der Waals surface area contributed by atoms with Gasteiger partial charge in [-0.1, -0.05) is 12.1 Å². The molecule has 4 heteroatoms. The van der Waals surface area contributed by atoms with Crippen molar-refractivity contribution in [3.63, 3.8) is 0 Å². The average molecular weight is 317 g/mol. The van der Waals surface area contributed by atoms with E-state index in [0.717, 1.165) is 41.9 Å². The monoisotopic (exact) mass is 316 g/mol. The number of halogens is 1. The van der Waals surface area contributed by atoms with Gasteiger partial charge in [-0.05, 0) is 67.6 Å². The molecule has 2 aromatic rings. The quantitative estimate of drug-likeness (QED) is 0.865. The molecule has 22 heavy (non-hydrogen) atoms. The van der Waals surface area contributed by atoms with Crippen LogP contribution in [0.15, 0.2) is 36.4 Å². The summed E-state index contributed by atoms with van der Waals surface area (Å²) in [5.41, 5.74) is 6.26. The fourth-order valence-electron chi connectivity index (χ4n) is 2.74. The fraction of sp³-hybridized carbons (Fsp3) is 0.278. The number of carbonyl (C=O) groups excluding carboxylic acids is 1. The molecule has 0 saturated heterocycles. The van der Waals surface area contributed by atoms with Crippen molar-refractivity contribution in [3.05, 3.63) is 58.7 Å². The second-order valence-corrected chi connectivity index (χ2v) is 5.62. The normalized spacial score (nSPS) is 12.6. The Morgan fingerprint density at radius 3 is 2.73 bits per heavy atom. The molecule has 2 aromatic carbocycles. The van der Waals surface area contributed by atoms with Gasteiger partial charge in [0.15, 0.2) is 0 Å². The molecule has 1 aliphatic heterocycles. The summed E-state index contributed by atoms with van der Waals surface area (Å²) in [6, 6.07) is 11.9. The third kappa shape index (κ3) is 3.25. The molecule has 3 nitrogen and oxygen atoms in total. The van der Waals surface area contributed by atoms with Crippen LogP contribution in [-0.2, 0) is 6.42 Å². The van der Waals surface area contributed by atoms with E-state index in [-0.39, 0.29) is 18.3 Å². The van der Waals surface area contributed by atoms with E-state index in [1.165, 1.54) is 11.1 Å². The molecule has 116 valence electrons. The molecule has 0 spiro atoms. The molecular formula is C18H21ClN2O. The van der Waals surface area contributed by atoms with E-state index in [1.807, 2.05) is 36.4 Å². The van der Waals surface area contributed by atoms with Gasteiger partial charge in [0.25, 0.3) is 5.91 Å². The number of amides is 1. The van der Waals surface area contributed by atoms with Gasteiger partial charge in [-0.2, -0.15) is 0 Å². The molecule has 0 fully saturated rings. The molecular weight excluding hydrogens is 296 g/mol. The third-order valence-corrected chi connectivity index (χ3v) is 4.10. The molecule has 0 unspecified atom stereocenters. The van der Waals surface area contributed by atoms with E-state index in [9.17, 15) is 4.79 Å². The Hall–Kier alpha value is -2.00. The number of carbonyl (C=O) groups is 1. The highest BCUT2D eigenvalue weighted by Crippen LogP contribution is 2.26. The summed E-state index contributed by atoms with van der Waals surface area (Å²) < 4.78 is 0. The summed E-state index contributed by atoms with van der Waals surface area (Å²) >= 11 is 0. The number of rotatable bonds is 2. The maximum Gasteiger partial charge on any atom is 0.256 e. The molecule has 0 aliphatic carbocycles. The number of benzene rings is 2. The van der Waals surface area contributed by atoms with Crippen LogP contribution in [0.3, 0.4) is 0 Å². The number of hydrogen-bond acceptors (Lipinski definition) is 2. The standard InChI is InChI=1S/C18H20N2O.ClH/c1-12-8-9-14(11-13(12)2)20-18(21)16-5-3-7-17-15(16)6-4-10-19-17;/h3,5,7-9,11,19H,4,6,10H2,1-2H3,(H,20,21);1H. The van der Waals surface area contributed by atoms with Crippen LogP contribution >= 0.6 is 12.4 Å². The molecule has 1 amide bonds. The Balaban J connectivity index is 0.00000176. The van der Waals surface area contributed by atoms with Gasteiger partial charge in [-0.15, -0.1) is 12.4 Å². The maximum atomic E-state index is 12.5. The number of anilines is 2. The molecule has 0 bridgehead atoms. The summed E-state index contributed by atoms with van der Waals surface area (Å²) in [5.74, 6) is -0.0289. The van der Waals surface area contributed by atoms with Crippen LogP contribution in [0, 0.1) is 13.8 Å². The van der Waals surface area contributed by atoms with Crippen molar-refractivity contribution in [1.82, 2.24) is 0 Å². The predicted octanol–water partition coefficient (Wildman–Crippen LogP) is 4.34. The first-order valence-corrected chi connectivity index (χ1v) is 7.39. The van der Waals surface area contributed by atoms with Crippen molar-refractivity contribution in [2.75, 3.05) is 17.2 Å². The van der Waals surface area contributed by atoms with Crippen LogP contribution in [0.4, 0.5) is 11.4 Å². The van der Waals surface area contributed by atoms with E-state index in [1.54, 1.807) is 0 Å². The van der Waals surface area contributed by atoms with E-state index < -0.39 is 0 Å². The van der Waals surface area contributed by atoms with Crippen LogP contribution in [0.1, 0.15) is 33.5 Å². The summed E-state index contributed by atoms with van der Waals surface area (Å²) in [6.07, 6.45) is 2.03. The van der Waals surface area contributed by atoms with Gasteiger partial charge in [0, 0.05) is 23.5 Å². The molecule has 0 saturated carbocycles. The predicted molar refractivity (Wildman–Crippen MR) is 94.4 cm³/mol. The van der Waals surface area contributed by atoms with Crippen molar-refractivity contribution in [3.8, 4) is 0 Å². The molecule has 1 aliphatic rings. The third-order valence-electron chi connectivity index (χ3n) is 4.10. The van der Waals surface area contributed by atoms with Crippen molar-refractivity contribution >= 4 is 29.7 Å². The lowest BCUT2D eigenvalue weighted by molar-refractivity contribution is 0.102. The van der Waals surface area contributed by atoms with Crippen molar-refractivity contribution in [2.45, 2.75) is 26.7 Å². The Morgan fingerprint density at radius 1 is 1.14 bits per heavy atom. The SMILES string of the molecule is Cc1ccc(NC(=O)c2cccc3c2CCCN3)cc1C.Cl. The fourth-order valence-corrected chi connectivity index (χ4v) is 2.74. The number of nitrogens with one attached hydrogen (secondary N) is 2. The highest BCUT2D eigenvalue weighted by molar-refractivity contribution is 6.06. The van der Waals surface area contributed by atoms with Crippen LogP contribution in [0.5, 0.6) is 0 Å². The summed E-state index contributed by atoms with van der Waals surface area (Å²) in [5, 5.41) is 6.37. The highest BCUT2D eigenvalue weighted by Gasteiger charge is 2.17. The van der Waals surface area contributed by atoms with Gasteiger partial charge in [0.1, 0.15) is 0 Å². The van der Waals surface area contributed by atoms with Gasteiger partial charge in [0.2, 0.25) is 0 Å². The second kappa shape index (κ2) is 6.84. The number of aryl methyl sites for hydroxylation is 2. The Labute approximate surface area is 137 Å². The van der Waals surface area contributed by atoms with Crippen LogP contribution in [-0.4, -0.2) is 12.5 Å². The molecule has 2 N–H and O–H groups in total. The highest BCUT2D eigenvalue weighted by atomic mass is 35.5. The van der Waals surface area contributed by atoms with Crippen molar-refractivity contribution < 1.29 is 4.79 Å². The van der Waals surface area contributed by atoms with Crippen molar-refractivity contribution in [2.24, 2.45) is 0 Å². The molecule has 1 heterocycles. The zero-order chi connectivity index (χ0) is 14.8. The van der Waals surface area contributed by atoms with Gasteiger partial charge >= 0.3 is 0 Å². The lowest BCUT2D eigenvalue weighted by Gasteiger charge is -2.20. The zero-order valence-electron chi connectivity index (χ0n) is 12.9. The summed E-state index contributed by atoms with van der Waals surface area (Å²) in [7, 11) is 0. The van der Waals surface area contributed by atoms with E-state index in [0.29, 0.717) is 0 Å². The number of hydrogen-bond donors (Lipinski definition) is 2. The molecule has 0 radical (unpaired) electrons. The van der Waals surface area contributed by atoms with Gasteiger partial charge in [-0.25, -0.2) is 0 Å². The van der Waals surface area contributed by atoms with Crippen LogP contribution < -0.4 is 10.6 Å². The first-order chi connectivity index (χ1) is 10.1. The maximum absolute atomic E-state index is 12.5. The minimum atomic E-state index is -0.0289. The van der Waals surface area contributed by atoms with Crippen molar-refractivity contribution in [1.29, 1.82) is 0 Å². The smallest absolute Gasteiger partial charge is 0.256 e. The average Bonchev–Trinajstić information content (AvgIpc) is 2.50. The zero-order valence-corrected chi connectivity index (χ0v) is 13.7. The summed E-state index contributed by atoms with van der Waals surface area (Å²) in [6.45, 7) is 5.11. The second-order valence-electron chi connectivity index (χ2n) is 5.62. The molecule has 0 aromatic heterocycles.